The highest BCUT2D eigenvalue weighted by atomic mass is 16.4. The molecule has 4 rings (SSSR count). The summed E-state index contributed by atoms with van der Waals surface area (Å²) in [7, 11) is 0. The van der Waals surface area contributed by atoms with Crippen molar-refractivity contribution in [2.75, 3.05) is 4.90 Å². The van der Waals surface area contributed by atoms with Crippen molar-refractivity contribution in [2.24, 2.45) is 0 Å². The molecule has 1 aliphatic heterocycles. The Hall–Kier alpha value is -2.88. The van der Waals surface area contributed by atoms with E-state index in [0.717, 1.165) is 22.2 Å². The van der Waals surface area contributed by atoms with Crippen LogP contribution in [-0.2, 0) is 11.2 Å². The van der Waals surface area contributed by atoms with Crippen LogP contribution in [0.3, 0.4) is 0 Å². The number of hydrogen-bond acceptors (Lipinski definition) is 3. The first kappa shape index (κ1) is 13.8. The van der Waals surface area contributed by atoms with E-state index >= 15 is 0 Å². The van der Waals surface area contributed by atoms with Gasteiger partial charge in [-0.1, -0.05) is 30.3 Å². The van der Waals surface area contributed by atoms with Gasteiger partial charge in [0, 0.05) is 11.8 Å². The van der Waals surface area contributed by atoms with Crippen molar-refractivity contribution < 1.29 is 9.21 Å². The Balaban J connectivity index is 1.99. The topological polar surface area (TPSA) is 50.5 Å². The maximum atomic E-state index is 12.5. The Kier molecular flexibility index (Phi) is 3.05. The quantitative estimate of drug-likeness (QED) is 0.644. The lowest BCUT2D eigenvalue weighted by Crippen LogP contribution is -2.33. The predicted molar refractivity (Wildman–Crippen MR) is 89.1 cm³/mol. The molecule has 4 heteroatoms. The minimum Gasteiger partial charge on any atom is -0.421 e. The Morgan fingerprint density at radius 2 is 1.78 bits per heavy atom. The number of hydrogen-bond donors (Lipinski definition) is 0. The van der Waals surface area contributed by atoms with Crippen molar-refractivity contribution in [1.29, 1.82) is 0 Å². The molecule has 0 unspecified atom stereocenters. The van der Waals surface area contributed by atoms with Crippen LogP contribution in [0.2, 0.25) is 0 Å². The number of para-hydroxylation sites is 1. The SMILES string of the molecule is Cc1cccc2oc(=O)c(N3C(=O)CCc4ccccc43)cc12. The van der Waals surface area contributed by atoms with Crippen molar-refractivity contribution in [1.82, 2.24) is 0 Å². The number of carbonyl (C=O) groups is 1. The lowest BCUT2D eigenvalue weighted by atomic mass is 10.0. The zero-order chi connectivity index (χ0) is 16.0. The standard InChI is InChI=1S/C19H15NO3/c1-12-5-4-8-17-14(12)11-16(19(22)23-17)20-15-7-3-2-6-13(15)9-10-18(20)21/h2-8,11H,9-10H2,1H3. The zero-order valence-electron chi connectivity index (χ0n) is 12.7. The summed E-state index contributed by atoms with van der Waals surface area (Å²) in [6, 6.07) is 15.0. The summed E-state index contributed by atoms with van der Waals surface area (Å²) in [5.41, 5.74) is 3.17. The van der Waals surface area contributed by atoms with E-state index in [9.17, 15) is 9.59 Å². The predicted octanol–water partition coefficient (Wildman–Crippen LogP) is 3.71. The summed E-state index contributed by atoms with van der Waals surface area (Å²) in [6.45, 7) is 1.96. The highest BCUT2D eigenvalue weighted by molar-refractivity contribution is 6.04. The van der Waals surface area contributed by atoms with Gasteiger partial charge < -0.3 is 4.42 Å². The number of fused-ring (bicyclic) bond motifs is 2. The Labute approximate surface area is 133 Å². The van der Waals surface area contributed by atoms with Crippen molar-refractivity contribution in [3.05, 3.63) is 70.1 Å². The second-order valence-corrected chi connectivity index (χ2v) is 5.76. The van der Waals surface area contributed by atoms with Gasteiger partial charge in [-0.25, -0.2) is 4.79 Å². The first-order valence-electron chi connectivity index (χ1n) is 7.59. The van der Waals surface area contributed by atoms with Gasteiger partial charge in [0.15, 0.2) is 0 Å². The average molecular weight is 305 g/mol. The molecule has 0 aliphatic carbocycles. The van der Waals surface area contributed by atoms with Crippen molar-refractivity contribution in [3.8, 4) is 0 Å². The Morgan fingerprint density at radius 1 is 0.957 bits per heavy atom. The van der Waals surface area contributed by atoms with E-state index < -0.39 is 5.63 Å². The fourth-order valence-corrected chi connectivity index (χ4v) is 3.12. The number of rotatable bonds is 1. The van der Waals surface area contributed by atoms with Gasteiger partial charge in [0.2, 0.25) is 5.91 Å². The maximum absolute atomic E-state index is 12.5. The van der Waals surface area contributed by atoms with E-state index in [4.69, 9.17) is 4.42 Å². The molecule has 114 valence electrons. The molecule has 0 bridgehead atoms. The maximum Gasteiger partial charge on any atom is 0.360 e. The second-order valence-electron chi connectivity index (χ2n) is 5.76. The summed E-state index contributed by atoms with van der Waals surface area (Å²) < 4.78 is 5.44. The number of nitrogens with zero attached hydrogens (tertiary/aromatic N) is 1. The largest absolute Gasteiger partial charge is 0.421 e. The molecule has 0 N–H and O–H groups in total. The number of amides is 1. The lowest BCUT2D eigenvalue weighted by Gasteiger charge is -2.28. The number of anilines is 2. The van der Waals surface area contributed by atoms with Gasteiger partial charge >= 0.3 is 5.63 Å². The van der Waals surface area contributed by atoms with Crippen molar-refractivity contribution >= 4 is 28.3 Å². The van der Waals surface area contributed by atoms with Crippen LogP contribution in [-0.4, -0.2) is 5.91 Å². The van der Waals surface area contributed by atoms with Crippen LogP contribution in [0.1, 0.15) is 17.5 Å². The lowest BCUT2D eigenvalue weighted by molar-refractivity contribution is -0.118. The van der Waals surface area contributed by atoms with E-state index in [1.807, 2.05) is 43.3 Å². The molecule has 0 fully saturated rings. The highest BCUT2D eigenvalue weighted by Gasteiger charge is 2.28. The van der Waals surface area contributed by atoms with E-state index in [1.165, 1.54) is 4.90 Å². The van der Waals surface area contributed by atoms with Crippen LogP contribution in [0, 0.1) is 6.92 Å². The fraction of sp³-hybridized carbons (Fsp3) is 0.158. The summed E-state index contributed by atoms with van der Waals surface area (Å²) in [6.07, 6.45) is 1.09. The van der Waals surface area contributed by atoms with Crippen LogP contribution < -0.4 is 10.5 Å². The van der Waals surface area contributed by atoms with Crippen LogP contribution in [0.5, 0.6) is 0 Å². The van der Waals surface area contributed by atoms with Gasteiger partial charge in [-0.2, -0.15) is 0 Å². The van der Waals surface area contributed by atoms with Gasteiger partial charge in [0.25, 0.3) is 0 Å². The summed E-state index contributed by atoms with van der Waals surface area (Å²) in [5, 5.41) is 0.845. The number of aryl methyl sites for hydroxylation is 2. The van der Waals surface area contributed by atoms with Gasteiger partial charge in [-0.05, 0) is 42.7 Å². The molecule has 1 aromatic heterocycles. The van der Waals surface area contributed by atoms with Crippen LogP contribution in [0.25, 0.3) is 11.0 Å². The highest BCUT2D eigenvalue weighted by Crippen LogP contribution is 2.33. The van der Waals surface area contributed by atoms with Gasteiger partial charge in [0.1, 0.15) is 11.3 Å². The number of benzene rings is 2. The summed E-state index contributed by atoms with van der Waals surface area (Å²) in [4.78, 5) is 26.4. The molecule has 0 radical (unpaired) electrons. The Morgan fingerprint density at radius 3 is 2.65 bits per heavy atom. The van der Waals surface area contributed by atoms with E-state index in [1.54, 1.807) is 12.1 Å². The summed E-state index contributed by atoms with van der Waals surface area (Å²) in [5.74, 6) is -0.0797. The summed E-state index contributed by atoms with van der Waals surface area (Å²) >= 11 is 0. The zero-order valence-corrected chi connectivity index (χ0v) is 12.7. The molecule has 4 nitrogen and oxygen atoms in total. The first-order valence-corrected chi connectivity index (χ1v) is 7.59. The third-order valence-electron chi connectivity index (χ3n) is 4.31. The van der Waals surface area contributed by atoms with Crippen LogP contribution >= 0.6 is 0 Å². The molecule has 23 heavy (non-hydrogen) atoms. The molecule has 0 saturated heterocycles. The minimum atomic E-state index is -0.492. The van der Waals surface area contributed by atoms with Crippen LogP contribution in [0.4, 0.5) is 11.4 Å². The molecular formula is C19H15NO3. The average Bonchev–Trinajstić information content (AvgIpc) is 2.55. The van der Waals surface area contributed by atoms with E-state index in [0.29, 0.717) is 18.4 Å². The molecular weight excluding hydrogens is 290 g/mol. The van der Waals surface area contributed by atoms with Gasteiger partial charge in [-0.3, -0.25) is 9.69 Å². The first-order chi connectivity index (χ1) is 11.1. The van der Waals surface area contributed by atoms with Crippen molar-refractivity contribution in [2.45, 2.75) is 19.8 Å². The third-order valence-corrected chi connectivity index (χ3v) is 4.31. The van der Waals surface area contributed by atoms with Crippen molar-refractivity contribution in [3.63, 3.8) is 0 Å². The molecule has 0 saturated carbocycles. The van der Waals surface area contributed by atoms with E-state index in [2.05, 4.69) is 0 Å². The molecule has 2 heterocycles. The molecule has 1 amide bonds. The Bertz CT molecular complexity index is 987. The third kappa shape index (κ3) is 2.14. The monoisotopic (exact) mass is 305 g/mol. The second kappa shape index (κ2) is 5.09. The van der Waals surface area contributed by atoms with Gasteiger partial charge in [0.05, 0.1) is 5.69 Å². The smallest absolute Gasteiger partial charge is 0.360 e. The van der Waals surface area contributed by atoms with E-state index in [-0.39, 0.29) is 11.6 Å². The molecule has 3 aromatic rings. The normalized spacial score (nSPS) is 14.1. The number of carbonyl (C=O) groups excluding carboxylic acids is 1. The molecule has 1 aliphatic rings. The van der Waals surface area contributed by atoms with Gasteiger partial charge in [-0.15, -0.1) is 0 Å². The molecule has 0 atom stereocenters. The van der Waals surface area contributed by atoms with Crippen LogP contribution in [0.15, 0.2) is 57.7 Å². The minimum absolute atomic E-state index is 0.0797. The molecule has 0 spiro atoms. The fourth-order valence-electron chi connectivity index (χ4n) is 3.12. The molecule has 2 aromatic carbocycles.